The van der Waals surface area contributed by atoms with Crippen LogP contribution >= 0.6 is 11.8 Å². The summed E-state index contributed by atoms with van der Waals surface area (Å²) in [5.41, 5.74) is 0.483. The Morgan fingerprint density at radius 2 is 1.94 bits per heavy atom. The Morgan fingerprint density at radius 3 is 2.53 bits per heavy atom. The van der Waals surface area contributed by atoms with Crippen molar-refractivity contribution in [3.63, 3.8) is 0 Å². The van der Waals surface area contributed by atoms with E-state index >= 15 is 0 Å². The fourth-order valence-corrected chi connectivity index (χ4v) is 1.95. The number of esters is 1. The van der Waals surface area contributed by atoms with E-state index in [-0.39, 0.29) is 29.7 Å². The molecule has 0 aliphatic carbocycles. The summed E-state index contributed by atoms with van der Waals surface area (Å²) < 4.78 is 17.1. The van der Waals surface area contributed by atoms with Crippen LogP contribution in [-0.2, 0) is 9.53 Å². The molecule has 0 radical (unpaired) electrons. The predicted octanol–water partition coefficient (Wildman–Crippen LogP) is 2.30. The van der Waals surface area contributed by atoms with Gasteiger partial charge in [-0.05, 0) is 24.3 Å². The van der Waals surface area contributed by atoms with E-state index in [1.54, 1.807) is 0 Å². The molecule has 1 aromatic rings. The molecule has 0 bridgehead atoms. The van der Waals surface area contributed by atoms with Crippen molar-refractivity contribution in [1.29, 1.82) is 0 Å². The molecule has 0 aliphatic heterocycles. The van der Waals surface area contributed by atoms with Crippen LogP contribution in [-0.4, -0.2) is 30.4 Å². The van der Waals surface area contributed by atoms with Crippen molar-refractivity contribution in [1.82, 2.24) is 0 Å². The minimum Gasteiger partial charge on any atom is -0.469 e. The molecule has 3 nitrogen and oxygen atoms in total. The van der Waals surface area contributed by atoms with Crippen LogP contribution in [0.5, 0.6) is 0 Å². The van der Waals surface area contributed by atoms with Crippen LogP contribution in [0.2, 0.25) is 0 Å². The molecule has 1 rings (SSSR count). The molecule has 0 aromatic heterocycles. The zero-order valence-electron chi connectivity index (χ0n) is 9.44. The highest BCUT2D eigenvalue weighted by molar-refractivity contribution is 8.00. The lowest BCUT2D eigenvalue weighted by molar-refractivity contribution is -0.140. The number of Topliss-reactive ketones (excluding diaryl/α,β-unsaturated/α-hetero) is 1. The number of carbonyl (C=O) groups is 2. The van der Waals surface area contributed by atoms with E-state index in [1.807, 2.05) is 0 Å². The third-order valence-corrected chi connectivity index (χ3v) is 3.04. The van der Waals surface area contributed by atoms with Crippen molar-refractivity contribution in [2.75, 3.05) is 18.6 Å². The monoisotopic (exact) mass is 256 g/mol. The van der Waals surface area contributed by atoms with Crippen molar-refractivity contribution in [2.45, 2.75) is 6.42 Å². The highest BCUT2D eigenvalue weighted by Gasteiger charge is 2.07. The lowest BCUT2D eigenvalue weighted by Gasteiger charge is -2.01. The topological polar surface area (TPSA) is 43.4 Å². The minimum absolute atomic E-state index is 0.0696. The van der Waals surface area contributed by atoms with Crippen LogP contribution in [0.4, 0.5) is 4.39 Å². The Kier molecular flexibility index (Phi) is 5.69. The van der Waals surface area contributed by atoms with Gasteiger partial charge in [0.1, 0.15) is 5.82 Å². The summed E-state index contributed by atoms with van der Waals surface area (Å²) in [7, 11) is 1.33. The Balaban J connectivity index is 2.30. The van der Waals surface area contributed by atoms with Gasteiger partial charge in [0.2, 0.25) is 0 Å². The largest absolute Gasteiger partial charge is 0.469 e. The normalized spacial score (nSPS) is 10.0. The summed E-state index contributed by atoms with van der Waals surface area (Å²) in [6.07, 6.45) is 0.290. The maximum atomic E-state index is 12.6. The number of ether oxygens (including phenoxy) is 1. The number of carbonyl (C=O) groups excluding carboxylic acids is 2. The molecule has 5 heteroatoms. The molecule has 0 atom stereocenters. The zero-order valence-corrected chi connectivity index (χ0v) is 10.3. The first-order valence-electron chi connectivity index (χ1n) is 5.07. The van der Waals surface area contributed by atoms with E-state index in [0.717, 1.165) is 0 Å². The van der Waals surface area contributed by atoms with Crippen molar-refractivity contribution in [2.24, 2.45) is 0 Å². The summed E-state index contributed by atoms with van der Waals surface area (Å²) in [6, 6.07) is 5.43. The SMILES string of the molecule is COC(=O)CCSCC(=O)c1ccc(F)cc1. The minimum atomic E-state index is -0.361. The van der Waals surface area contributed by atoms with Crippen molar-refractivity contribution in [3.8, 4) is 0 Å². The molecule has 0 amide bonds. The van der Waals surface area contributed by atoms with Crippen LogP contribution in [0.25, 0.3) is 0 Å². The summed E-state index contributed by atoms with van der Waals surface area (Å²) in [6.45, 7) is 0. The molecule has 0 saturated heterocycles. The van der Waals surface area contributed by atoms with Gasteiger partial charge >= 0.3 is 5.97 Å². The Hall–Kier alpha value is -1.36. The third kappa shape index (κ3) is 4.99. The molecule has 17 heavy (non-hydrogen) atoms. The van der Waals surface area contributed by atoms with Crippen LogP contribution < -0.4 is 0 Å². The molecule has 1 aromatic carbocycles. The number of benzene rings is 1. The Bertz CT molecular complexity index is 389. The number of halogens is 1. The lowest BCUT2D eigenvalue weighted by atomic mass is 10.1. The number of rotatable bonds is 6. The third-order valence-electron chi connectivity index (χ3n) is 2.08. The lowest BCUT2D eigenvalue weighted by Crippen LogP contribution is -2.05. The molecule has 92 valence electrons. The Labute approximate surface area is 103 Å². The second kappa shape index (κ2) is 7.06. The van der Waals surface area contributed by atoms with Gasteiger partial charge in [0.15, 0.2) is 5.78 Å². The van der Waals surface area contributed by atoms with Crippen molar-refractivity contribution in [3.05, 3.63) is 35.6 Å². The molecule has 0 fully saturated rings. The van der Waals surface area contributed by atoms with Crippen LogP contribution in [0, 0.1) is 5.82 Å². The van der Waals surface area contributed by atoms with Gasteiger partial charge in [0.05, 0.1) is 19.3 Å². The van der Waals surface area contributed by atoms with Gasteiger partial charge in [-0.1, -0.05) is 0 Å². The van der Waals surface area contributed by atoms with Gasteiger partial charge < -0.3 is 4.74 Å². The van der Waals surface area contributed by atoms with E-state index in [9.17, 15) is 14.0 Å². The van der Waals surface area contributed by atoms with Crippen molar-refractivity contribution >= 4 is 23.5 Å². The molecule has 0 heterocycles. The highest BCUT2D eigenvalue weighted by atomic mass is 32.2. The van der Waals surface area contributed by atoms with Crippen LogP contribution in [0.1, 0.15) is 16.8 Å². The van der Waals surface area contributed by atoms with E-state index in [4.69, 9.17) is 0 Å². The van der Waals surface area contributed by atoms with Crippen LogP contribution in [0.3, 0.4) is 0 Å². The first-order valence-corrected chi connectivity index (χ1v) is 6.22. The van der Waals surface area contributed by atoms with Gasteiger partial charge in [0, 0.05) is 11.3 Å². The maximum absolute atomic E-state index is 12.6. The number of thioether (sulfide) groups is 1. The van der Waals surface area contributed by atoms with Gasteiger partial charge in [-0.3, -0.25) is 9.59 Å². The number of methoxy groups -OCH3 is 1. The molecule has 0 spiro atoms. The van der Waals surface area contributed by atoms with E-state index in [1.165, 1.54) is 43.1 Å². The summed E-state index contributed by atoms with van der Waals surface area (Å²) in [4.78, 5) is 22.4. The second-order valence-corrected chi connectivity index (χ2v) is 4.41. The maximum Gasteiger partial charge on any atom is 0.306 e. The molecule has 0 aliphatic rings. The fourth-order valence-electron chi connectivity index (χ4n) is 1.14. The van der Waals surface area contributed by atoms with E-state index < -0.39 is 0 Å². The first-order chi connectivity index (χ1) is 8.13. The van der Waals surface area contributed by atoms with Gasteiger partial charge in [-0.25, -0.2) is 4.39 Å². The number of hydrogen-bond donors (Lipinski definition) is 0. The molecule has 0 N–H and O–H groups in total. The van der Waals surface area contributed by atoms with E-state index in [2.05, 4.69) is 4.74 Å². The summed E-state index contributed by atoms with van der Waals surface area (Å²) in [5.74, 6) is 0.105. The summed E-state index contributed by atoms with van der Waals surface area (Å²) >= 11 is 1.36. The average Bonchev–Trinajstić information content (AvgIpc) is 2.34. The zero-order chi connectivity index (χ0) is 12.7. The number of ketones is 1. The van der Waals surface area contributed by atoms with E-state index in [0.29, 0.717) is 11.3 Å². The van der Waals surface area contributed by atoms with Gasteiger partial charge in [-0.2, -0.15) is 11.8 Å². The standard InChI is InChI=1S/C12H13FO3S/c1-16-12(15)6-7-17-8-11(14)9-2-4-10(13)5-3-9/h2-5H,6-8H2,1H3. The van der Waals surface area contributed by atoms with Crippen LogP contribution in [0.15, 0.2) is 24.3 Å². The fraction of sp³-hybridized carbons (Fsp3) is 0.333. The highest BCUT2D eigenvalue weighted by Crippen LogP contribution is 2.09. The first kappa shape index (κ1) is 13.7. The molecular formula is C12H13FO3S. The number of hydrogen-bond acceptors (Lipinski definition) is 4. The molecular weight excluding hydrogens is 243 g/mol. The molecule has 0 saturated carbocycles. The van der Waals surface area contributed by atoms with Gasteiger partial charge in [0.25, 0.3) is 0 Å². The second-order valence-electron chi connectivity index (χ2n) is 3.31. The predicted molar refractivity (Wildman–Crippen MR) is 64.7 cm³/mol. The molecule has 0 unspecified atom stereocenters. The Morgan fingerprint density at radius 1 is 1.29 bits per heavy atom. The van der Waals surface area contributed by atoms with Gasteiger partial charge in [-0.15, -0.1) is 0 Å². The summed E-state index contributed by atoms with van der Waals surface area (Å²) in [5, 5.41) is 0. The average molecular weight is 256 g/mol. The quantitative estimate of drug-likeness (QED) is 0.445. The smallest absolute Gasteiger partial charge is 0.306 e. The van der Waals surface area contributed by atoms with Crippen molar-refractivity contribution < 1.29 is 18.7 Å².